The van der Waals surface area contributed by atoms with Crippen LogP contribution >= 0.6 is 0 Å². The minimum atomic E-state index is -3.74. The Balaban J connectivity index is 1.31. The Kier molecular flexibility index (Phi) is 7.10. The van der Waals surface area contributed by atoms with E-state index in [2.05, 4.69) is 17.5 Å². The highest BCUT2D eigenvalue weighted by molar-refractivity contribution is 7.89. The summed E-state index contributed by atoms with van der Waals surface area (Å²) in [6, 6.07) is 4.76. The Labute approximate surface area is 205 Å². The molecule has 2 bridgehead atoms. The van der Waals surface area contributed by atoms with Crippen molar-refractivity contribution in [2.75, 3.05) is 69.4 Å². The lowest BCUT2D eigenvalue weighted by Gasteiger charge is -2.31. The summed E-state index contributed by atoms with van der Waals surface area (Å²) in [5.41, 5.74) is 1.07. The van der Waals surface area contributed by atoms with Gasteiger partial charge in [0.1, 0.15) is 0 Å². The van der Waals surface area contributed by atoms with Crippen LogP contribution in [0.5, 0.6) is 0 Å². The molecule has 2 saturated heterocycles. The molecule has 190 valence electrons. The van der Waals surface area contributed by atoms with Crippen molar-refractivity contribution in [2.45, 2.75) is 17.7 Å². The number of morpholine rings is 2. The maximum Gasteiger partial charge on any atom is 0.310 e. The lowest BCUT2D eigenvalue weighted by Crippen LogP contribution is -2.40. The predicted molar refractivity (Wildman–Crippen MR) is 127 cm³/mol. The van der Waals surface area contributed by atoms with E-state index in [1.54, 1.807) is 12.1 Å². The van der Waals surface area contributed by atoms with Gasteiger partial charge in [-0.2, -0.15) is 4.31 Å². The van der Waals surface area contributed by atoms with E-state index in [0.29, 0.717) is 56.8 Å². The number of carbonyl (C=O) groups excluding carboxylic acids is 2. The van der Waals surface area contributed by atoms with Crippen LogP contribution in [0.3, 0.4) is 0 Å². The van der Waals surface area contributed by atoms with Crippen LogP contribution in [-0.4, -0.2) is 83.8 Å². The fourth-order valence-electron chi connectivity index (χ4n) is 5.27. The molecule has 1 aromatic rings. The summed E-state index contributed by atoms with van der Waals surface area (Å²) in [5, 5.41) is 2.78. The standard InChI is InChI=1S/C24H31N3O7S/c28-23(16-34-24(29)20-14-17-1-2-18(20)13-17)25-21-15-19(35(30,31)27-7-11-33-12-8-27)3-4-22(21)26-5-9-32-10-6-26/h1-4,15,17-18,20H,5-14,16H2,(H,25,28)/t17-,18-,20-/m1/s1. The summed E-state index contributed by atoms with van der Waals surface area (Å²) in [7, 11) is -3.74. The van der Waals surface area contributed by atoms with Gasteiger partial charge in [0, 0.05) is 26.2 Å². The van der Waals surface area contributed by atoms with Gasteiger partial charge in [-0.1, -0.05) is 12.2 Å². The van der Waals surface area contributed by atoms with Gasteiger partial charge >= 0.3 is 5.97 Å². The molecule has 5 rings (SSSR count). The predicted octanol–water partition coefficient (Wildman–Crippen LogP) is 1.24. The maximum atomic E-state index is 13.2. The van der Waals surface area contributed by atoms with E-state index < -0.39 is 22.5 Å². The van der Waals surface area contributed by atoms with Gasteiger partial charge in [-0.25, -0.2) is 8.42 Å². The molecular weight excluding hydrogens is 474 g/mol. The summed E-state index contributed by atoms with van der Waals surface area (Å²) >= 11 is 0. The molecule has 2 aliphatic carbocycles. The first-order valence-corrected chi connectivity index (χ1v) is 13.6. The Morgan fingerprint density at radius 1 is 1.00 bits per heavy atom. The number of fused-ring (bicyclic) bond motifs is 2. The van der Waals surface area contributed by atoms with Crippen molar-refractivity contribution in [2.24, 2.45) is 17.8 Å². The second-order valence-corrected chi connectivity index (χ2v) is 11.3. The molecule has 11 heteroatoms. The van der Waals surface area contributed by atoms with E-state index in [0.717, 1.165) is 12.8 Å². The van der Waals surface area contributed by atoms with Gasteiger partial charge in [0.05, 0.1) is 48.6 Å². The van der Waals surface area contributed by atoms with Crippen LogP contribution in [0.4, 0.5) is 11.4 Å². The van der Waals surface area contributed by atoms with Crippen LogP contribution < -0.4 is 10.2 Å². The third kappa shape index (κ3) is 5.23. The summed E-state index contributed by atoms with van der Waals surface area (Å²) in [4.78, 5) is 27.4. The number of nitrogens with zero attached hydrogens (tertiary/aromatic N) is 2. The van der Waals surface area contributed by atoms with Gasteiger partial charge in [-0.15, -0.1) is 0 Å². The number of carbonyl (C=O) groups is 2. The van der Waals surface area contributed by atoms with Crippen molar-refractivity contribution in [1.29, 1.82) is 0 Å². The lowest BCUT2D eigenvalue weighted by atomic mass is 9.94. The van der Waals surface area contributed by atoms with Crippen molar-refractivity contribution in [3.8, 4) is 0 Å². The number of hydrogen-bond acceptors (Lipinski definition) is 8. The number of amides is 1. The van der Waals surface area contributed by atoms with Gasteiger partial charge in [0.2, 0.25) is 10.0 Å². The molecule has 0 aromatic heterocycles. The van der Waals surface area contributed by atoms with Crippen LogP contribution in [0.2, 0.25) is 0 Å². The summed E-state index contributed by atoms with van der Waals surface area (Å²) in [6.07, 6.45) is 5.95. The molecule has 1 amide bonds. The smallest absolute Gasteiger partial charge is 0.310 e. The molecule has 3 atom stereocenters. The van der Waals surface area contributed by atoms with E-state index in [1.165, 1.54) is 10.4 Å². The van der Waals surface area contributed by atoms with Crippen LogP contribution in [0.15, 0.2) is 35.2 Å². The van der Waals surface area contributed by atoms with Crippen LogP contribution in [-0.2, 0) is 33.8 Å². The Morgan fingerprint density at radius 3 is 2.37 bits per heavy atom. The molecule has 0 spiro atoms. The molecule has 1 saturated carbocycles. The first kappa shape index (κ1) is 24.2. The number of hydrogen-bond donors (Lipinski definition) is 1. The van der Waals surface area contributed by atoms with Crippen LogP contribution in [0.1, 0.15) is 12.8 Å². The molecule has 2 heterocycles. The van der Waals surface area contributed by atoms with Crippen molar-refractivity contribution in [1.82, 2.24) is 4.31 Å². The Bertz CT molecular complexity index is 1090. The van der Waals surface area contributed by atoms with Crippen LogP contribution in [0.25, 0.3) is 0 Å². The molecule has 35 heavy (non-hydrogen) atoms. The minimum Gasteiger partial charge on any atom is -0.455 e. The second-order valence-electron chi connectivity index (χ2n) is 9.34. The third-order valence-corrected chi connectivity index (χ3v) is 9.02. The zero-order valence-electron chi connectivity index (χ0n) is 19.6. The topological polar surface area (TPSA) is 114 Å². The van der Waals surface area contributed by atoms with Crippen LogP contribution in [0, 0.1) is 17.8 Å². The fourth-order valence-corrected chi connectivity index (χ4v) is 6.71. The highest BCUT2D eigenvalue weighted by Crippen LogP contribution is 2.43. The van der Waals surface area contributed by atoms with E-state index >= 15 is 0 Å². The van der Waals surface area contributed by atoms with Gasteiger partial charge in [-0.3, -0.25) is 9.59 Å². The second kappa shape index (κ2) is 10.3. The molecule has 3 fully saturated rings. The van der Waals surface area contributed by atoms with Gasteiger partial charge in [-0.05, 0) is 42.9 Å². The average molecular weight is 506 g/mol. The van der Waals surface area contributed by atoms with Gasteiger partial charge in [0.25, 0.3) is 5.91 Å². The normalized spacial score (nSPS) is 26.6. The Morgan fingerprint density at radius 2 is 1.71 bits per heavy atom. The average Bonchev–Trinajstić information content (AvgIpc) is 3.52. The highest BCUT2D eigenvalue weighted by Gasteiger charge is 2.41. The monoisotopic (exact) mass is 505 g/mol. The zero-order valence-corrected chi connectivity index (χ0v) is 20.4. The largest absolute Gasteiger partial charge is 0.455 e. The molecule has 0 unspecified atom stereocenters. The molecule has 2 aliphatic heterocycles. The third-order valence-electron chi connectivity index (χ3n) is 7.13. The summed E-state index contributed by atoms with van der Waals surface area (Å²) in [5.74, 6) is -0.422. The zero-order chi connectivity index (χ0) is 24.4. The molecule has 10 nitrogen and oxygen atoms in total. The SMILES string of the molecule is O=C(COC(=O)[C@@H]1C[C@@H]2C=C[C@@H]1C2)Nc1cc(S(=O)(=O)N2CCOCC2)ccc1N1CCOCC1. The van der Waals surface area contributed by atoms with Gasteiger partial charge in [0.15, 0.2) is 6.61 Å². The number of anilines is 2. The first-order valence-electron chi connectivity index (χ1n) is 12.1. The highest BCUT2D eigenvalue weighted by atomic mass is 32.2. The van der Waals surface area contributed by atoms with Crippen molar-refractivity contribution < 1.29 is 32.2 Å². The molecular formula is C24H31N3O7S. The molecule has 1 aromatic carbocycles. The van der Waals surface area contributed by atoms with Gasteiger partial charge < -0.3 is 24.4 Å². The van der Waals surface area contributed by atoms with E-state index in [9.17, 15) is 18.0 Å². The lowest BCUT2D eigenvalue weighted by molar-refractivity contribution is -0.152. The number of sulfonamides is 1. The molecule has 0 radical (unpaired) electrons. The van der Waals surface area contributed by atoms with Crippen molar-refractivity contribution in [3.05, 3.63) is 30.4 Å². The fraction of sp³-hybridized carbons (Fsp3) is 0.583. The Hall–Kier alpha value is -2.47. The number of esters is 1. The number of rotatable bonds is 7. The molecule has 1 N–H and O–H groups in total. The van der Waals surface area contributed by atoms with E-state index in [-0.39, 0.29) is 35.8 Å². The number of nitrogens with one attached hydrogen (secondary N) is 1. The number of benzene rings is 1. The van der Waals surface area contributed by atoms with E-state index in [4.69, 9.17) is 14.2 Å². The van der Waals surface area contributed by atoms with Crippen molar-refractivity contribution >= 4 is 33.3 Å². The summed E-state index contributed by atoms with van der Waals surface area (Å²) in [6.45, 7) is 3.15. The first-order chi connectivity index (χ1) is 16.9. The number of allylic oxidation sites excluding steroid dienone is 2. The molecule has 4 aliphatic rings. The summed E-state index contributed by atoms with van der Waals surface area (Å²) < 4.78 is 43.8. The maximum absolute atomic E-state index is 13.2. The van der Waals surface area contributed by atoms with Crippen molar-refractivity contribution in [3.63, 3.8) is 0 Å². The number of ether oxygens (including phenoxy) is 3. The minimum absolute atomic E-state index is 0.0949. The quantitative estimate of drug-likeness (QED) is 0.435. The van der Waals surface area contributed by atoms with E-state index in [1.807, 2.05) is 4.90 Å².